The average molecular weight is 469 g/mol. The van der Waals surface area contributed by atoms with Crippen LogP contribution in [0.5, 0.6) is 5.88 Å². The lowest BCUT2D eigenvalue weighted by Crippen LogP contribution is -2.36. The zero-order chi connectivity index (χ0) is 16.6. The first-order valence-electron chi connectivity index (χ1n) is 7.12. The van der Waals surface area contributed by atoms with Crippen LogP contribution >= 0.6 is 46.0 Å². The van der Waals surface area contributed by atoms with Gasteiger partial charge in [-0.1, -0.05) is 46.0 Å². The molecule has 2 aromatic rings. The molecule has 0 aromatic carbocycles. The van der Waals surface area contributed by atoms with Crippen LogP contribution in [0.25, 0.3) is 10.9 Å². The maximum absolute atomic E-state index is 14.5. The monoisotopic (exact) mass is 468 g/mol. The molecule has 1 fully saturated rings. The summed E-state index contributed by atoms with van der Waals surface area (Å²) >= 11 is 9.65. The standard InChI is InChI=1S/C14H15ClFIN4OS/c1-22-13-8-10(9(16)11(15)19-13)18-14(23-2)20-12(8)21-6-4-3-5-7(21)17/h7H,3-6H2,1-2H3/t7-/m0/s1. The second-order valence-corrected chi connectivity index (χ2v) is 7.68. The van der Waals surface area contributed by atoms with Crippen molar-refractivity contribution in [2.24, 2.45) is 0 Å². The molecule has 0 bridgehead atoms. The first kappa shape index (κ1) is 17.2. The first-order valence-corrected chi connectivity index (χ1v) is 9.97. The molecule has 3 heterocycles. The van der Waals surface area contributed by atoms with Gasteiger partial charge >= 0.3 is 0 Å². The van der Waals surface area contributed by atoms with Crippen LogP contribution < -0.4 is 9.64 Å². The largest absolute Gasteiger partial charge is 0.480 e. The summed E-state index contributed by atoms with van der Waals surface area (Å²) in [7, 11) is 1.49. The van der Waals surface area contributed by atoms with Gasteiger partial charge in [0.15, 0.2) is 16.1 Å². The van der Waals surface area contributed by atoms with Crippen LogP contribution in [-0.4, -0.2) is 38.9 Å². The van der Waals surface area contributed by atoms with E-state index in [9.17, 15) is 4.39 Å². The number of ether oxygens (including phenoxy) is 1. The summed E-state index contributed by atoms with van der Waals surface area (Å²) in [6.45, 7) is 0.862. The van der Waals surface area contributed by atoms with Gasteiger partial charge in [0.25, 0.3) is 0 Å². The number of hydrogen-bond acceptors (Lipinski definition) is 6. The highest BCUT2D eigenvalue weighted by Gasteiger charge is 2.28. The van der Waals surface area contributed by atoms with Crippen LogP contribution in [0.15, 0.2) is 5.16 Å². The van der Waals surface area contributed by atoms with E-state index in [1.54, 1.807) is 0 Å². The van der Waals surface area contributed by atoms with E-state index in [4.69, 9.17) is 16.3 Å². The molecule has 9 heteroatoms. The number of rotatable bonds is 3. The number of anilines is 1. The minimum absolute atomic E-state index is 0.158. The maximum Gasteiger partial charge on any atom is 0.228 e. The van der Waals surface area contributed by atoms with E-state index in [1.807, 2.05) is 6.26 Å². The number of halogens is 3. The number of fused-ring (bicyclic) bond motifs is 1. The summed E-state index contributed by atoms with van der Waals surface area (Å²) in [5.74, 6) is 0.282. The molecule has 23 heavy (non-hydrogen) atoms. The van der Waals surface area contributed by atoms with Gasteiger partial charge in [-0.15, -0.1) is 0 Å². The minimum atomic E-state index is -0.636. The second kappa shape index (κ2) is 7.10. The van der Waals surface area contributed by atoms with Gasteiger partial charge in [0.1, 0.15) is 16.7 Å². The Hall–Kier alpha value is -0.610. The Morgan fingerprint density at radius 2 is 2.13 bits per heavy atom. The minimum Gasteiger partial charge on any atom is -0.480 e. The third-order valence-corrected chi connectivity index (χ3v) is 5.84. The molecule has 1 aliphatic heterocycles. The number of alkyl halides is 1. The lowest BCUT2D eigenvalue weighted by molar-refractivity contribution is 0.401. The Bertz CT molecular complexity index is 751. The molecule has 0 aliphatic carbocycles. The summed E-state index contributed by atoms with van der Waals surface area (Å²) in [6, 6.07) is 0. The van der Waals surface area contributed by atoms with E-state index in [0.717, 1.165) is 19.4 Å². The third kappa shape index (κ3) is 3.17. The highest BCUT2D eigenvalue weighted by atomic mass is 127. The van der Waals surface area contributed by atoms with Crippen molar-refractivity contribution < 1.29 is 9.13 Å². The van der Waals surface area contributed by atoms with Crippen LogP contribution in [0, 0.1) is 5.82 Å². The van der Waals surface area contributed by atoms with Crippen molar-refractivity contribution in [2.45, 2.75) is 28.5 Å². The fourth-order valence-electron chi connectivity index (χ4n) is 2.65. The van der Waals surface area contributed by atoms with Gasteiger partial charge in [0.2, 0.25) is 5.88 Å². The molecular formula is C14H15ClFIN4OS. The topological polar surface area (TPSA) is 51.1 Å². The smallest absolute Gasteiger partial charge is 0.228 e. The van der Waals surface area contributed by atoms with Crippen LogP contribution in [0.3, 0.4) is 0 Å². The molecule has 5 nitrogen and oxygen atoms in total. The number of aromatic nitrogens is 3. The summed E-state index contributed by atoms with van der Waals surface area (Å²) in [6.07, 6.45) is 5.18. The number of pyridine rings is 1. The number of methoxy groups -OCH3 is 1. The normalized spacial score (nSPS) is 18.5. The predicted octanol–water partition coefficient (Wildman–Crippen LogP) is 4.30. The summed E-state index contributed by atoms with van der Waals surface area (Å²) in [5.41, 5.74) is 0.158. The van der Waals surface area contributed by atoms with Gasteiger partial charge in [-0.2, -0.15) is 4.98 Å². The molecule has 3 rings (SSSR count). The molecule has 1 aliphatic rings. The number of piperidine rings is 1. The molecule has 124 valence electrons. The lowest BCUT2D eigenvalue weighted by atomic mass is 10.1. The molecular weight excluding hydrogens is 454 g/mol. The molecule has 2 aromatic heterocycles. The molecule has 0 amide bonds. The molecule has 0 N–H and O–H groups in total. The van der Waals surface area contributed by atoms with E-state index in [0.29, 0.717) is 16.4 Å². The van der Waals surface area contributed by atoms with Gasteiger partial charge in [-0.25, -0.2) is 14.4 Å². The molecule has 1 saturated heterocycles. The van der Waals surface area contributed by atoms with Gasteiger partial charge < -0.3 is 9.64 Å². The Balaban J connectivity index is 2.32. The lowest BCUT2D eigenvalue weighted by Gasteiger charge is -2.34. The molecule has 0 unspecified atom stereocenters. The van der Waals surface area contributed by atoms with E-state index in [-0.39, 0.29) is 20.6 Å². The third-order valence-electron chi connectivity index (χ3n) is 3.75. The highest BCUT2D eigenvalue weighted by molar-refractivity contribution is 14.1. The van der Waals surface area contributed by atoms with Gasteiger partial charge in [0.05, 0.1) is 11.2 Å². The van der Waals surface area contributed by atoms with Crippen molar-refractivity contribution in [2.75, 3.05) is 24.8 Å². The number of thioether (sulfide) groups is 1. The molecule has 1 atom stereocenters. The molecule has 0 radical (unpaired) electrons. The quantitative estimate of drug-likeness (QED) is 0.167. The second-order valence-electron chi connectivity index (χ2n) is 5.11. The Labute approximate surface area is 156 Å². The highest BCUT2D eigenvalue weighted by Crippen LogP contribution is 2.39. The fraction of sp³-hybridized carbons (Fsp3) is 0.500. The van der Waals surface area contributed by atoms with E-state index >= 15 is 0 Å². The zero-order valence-electron chi connectivity index (χ0n) is 12.6. The predicted molar refractivity (Wildman–Crippen MR) is 99.6 cm³/mol. The van der Waals surface area contributed by atoms with Crippen LogP contribution in [-0.2, 0) is 0 Å². The van der Waals surface area contributed by atoms with Crippen LogP contribution in [0.1, 0.15) is 19.3 Å². The summed E-state index contributed by atoms with van der Waals surface area (Å²) in [4.78, 5) is 15.1. The van der Waals surface area contributed by atoms with Gasteiger partial charge in [0, 0.05) is 6.54 Å². The van der Waals surface area contributed by atoms with Crippen molar-refractivity contribution >= 4 is 62.7 Å². The van der Waals surface area contributed by atoms with Gasteiger partial charge in [-0.3, -0.25) is 0 Å². The number of nitrogens with zero attached hydrogens (tertiary/aromatic N) is 4. The molecule has 0 saturated carbocycles. The maximum atomic E-state index is 14.5. The Morgan fingerprint density at radius 1 is 1.35 bits per heavy atom. The summed E-state index contributed by atoms with van der Waals surface area (Å²) in [5, 5.41) is 0.747. The number of hydrogen-bond donors (Lipinski definition) is 0. The van der Waals surface area contributed by atoms with Crippen molar-refractivity contribution in [1.82, 2.24) is 15.0 Å². The molecule has 0 spiro atoms. The average Bonchev–Trinajstić information content (AvgIpc) is 2.57. The van der Waals surface area contributed by atoms with Crippen molar-refractivity contribution in [3.63, 3.8) is 0 Å². The van der Waals surface area contributed by atoms with E-state index in [2.05, 4.69) is 42.4 Å². The first-order chi connectivity index (χ1) is 11.1. The fourth-order valence-corrected chi connectivity index (χ4v) is 4.16. The van der Waals surface area contributed by atoms with E-state index < -0.39 is 5.82 Å². The Morgan fingerprint density at radius 3 is 2.78 bits per heavy atom. The van der Waals surface area contributed by atoms with Crippen LogP contribution in [0.4, 0.5) is 10.2 Å². The van der Waals surface area contributed by atoms with Gasteiger partial charge in [-0.05, 0) is 25.5 Å². The zero-order valence-corrected chi connectivity index (χ0v) is 16.4. The van der Waals surface area contributed by atoms with Crippen molar-refractivity contribution in [3.05, 3.63) is 11.0 Å². The SMILES string of the molecule is COc1nc(Cl)c(F)c2nc(SC)nc(N3CCCC[C@H]3I)c12. The van der Waals surface area contributed by atoms with Crippen molar-refractivity contribution in [3.8, 4) is 5.88 Å². The van der Waals surface area contributed by atoms with E-state index in [1.165, 1.54) is 25.3 Å². The van der Waals surface area contributed by atoms with Crippen LogP contribution in [0.2, 0.25) is 5.15 Å². The van der Waals surface area contributed by atoms with Crippen molar-refractivity contribution in [1.29, 1.82) is 0 Å². The summed E-state index contributed by atoms with van der Waals surface area (Å²) < 4.78 is 20.1. The Kier molecular flexibility index (Phi) is 5.32.